The zero-order valence-electron chi connectivity index (χ0n) is 20.7. The van der Waals surface area contributed by atoms with Crippen molar-refractivity contribution >= 4 is 11.7 Å². The number of Topliss-reactive ketones (excluding diaryl/α,β-unsaturated/α-hetero) is 1. The molecule has 3 rings (SSSR count). The number of nitrogens with one attached hydrogen (secondary N) is 1. The van der Waals surface area contributed by atoms with E-state index in [0.29, 0.717) is 18.3 Å². The summed E-state index contributed by atoms with van der Waals surface area (Å²) in [4.78, 5) is 27.1. The number of ether oxygens (including phenoxy) is 1. The smallest absolute Gasteiger partial charge is 0.257 e. The Kier molecular flexibility index (Phi) is 6.72. The molecule has 1 fully saturated rings. The van der Waals surface area contributed by atoms with Gasteiger partial charge in [-0.1, -0.05) is 57.4 Å². The first-order valence-corrected chi connectivity index (χ1v) is 11.9. The van der Waals surface area contributed by atoms with Crippen LogP contribution in [-0.2, 0) is 14.3 Å². The second kappa shape index (κ2) is 8.69. The number of amides is 1. The number of carbonyl (C=O) groups is 2. The molecule has 31 heavy (non-hydrogen) atoms. The number of fused-ring (bicyclic) bond motifs is 1. The van der Waals surface area contributed by atoms with Crippen molar-refractivity contribution in [1.29, 1.82) is 0 Å². The fourth-order valence-corrected chi connectivity index (χ4v) is 6.70. The Bertz CT molecular complexity index is 835. The number of ketones is 1. The lowest BCUT2D eigenvalue weighted by Gasteiger charge is -2.52. The Morgan fingerprint density at radius 2 is 2.00 bits per heavy atom. The highest BCUT2D eigenvalue weighted by atomic mass is 16.5. The van der Waals surface area contributed by atoms with Gasteiger partial charge in [-0.25, -0.2) is 0 Å². The lowest BCUT2D eigenvalue weighted by Crippen LogP contribution is -2.48. The first-order valence-electron chi connectivity index (χ1n) is 11.9. The van der Waals surface area contributed by atoms with Crippen LogP contribution in [0.5, 0.6) is 0 Å². The van der Waals surface area contributed by atoms with E-state index in [1.807, 2.05) is 6.92 Å². The number of carbonyl (C=O) groups excluding carboxylic acids is 2. The fourth-order valence-electron chi connectivity index (χ4n) is 6.70. The van der Waals surface area contributed by atoms with Crippen LogP contribution < -0.4 is 5.32 Å². The van der Waals surface area contributed by atoms with Crippen molar-refractivity contribution in [2.75, 3.05) is 7.11 Å². The van der Waals surface area contributed by atoms with Gasteiger partial charge in [0.15, 0.2) is 11.5 Å². The highest BCUT2D eigenvalue weighted by molar-refractivity contribution is 6.22. The molecule has 0 saturated heterocycles. The quantitative estimate of drug-likeness (QED) is 0.443. The summed E-state index contributed by atoms with van der Waals surface area (Å²) < 4.78 is 5.72. The van der Waals surface area contributed by atoms with E-state index in [9.17, 15) is 9.59 Å². The summed E-state index contributed by atoms with van der Waals surface area (Å²) in [5.74, 6) is 0.777. The molecule has 6 atom stereocenters. The minimum absolute atomic E-state index is 0.00147. The zero-order chi connectivity index (χ0) is 23.1. The maximum Gasteiger partial charge on any atom is 0.257 e. The Labute approximate surface area is 188 Å². The van der Waals surface area contributed by atoms with Gasteiger partial charge in [-0.05, 0) is 62.9 Å². The van der Waals surface area contributed by atoms with Gasteiger partial charge < -0.3 is 10.1 Å². The first kappa shape index (κ1) is 24.0. The van der Waals surface area contributed by atoms with E-state index < -0.39 is 5.72 Å². The summed E-state index contributed by atoms with van der Waals surface area (Å²) in [6.07, 6.45) is 10.2. The van der Waals surface area contributed by atoms with Crippen LogP contribution in [0, 0.1) is 35.0 Å². The molecule has 4 nitrogen and oxygen atoms in total. The second-order valence-corrected chi connectivity index (χ2v) is 11.0. The minimum Gasteiger partial charge on any atom is -0.355 e. The van der Waals surface area contributed by atoms with Gasteiger partial charge in [-0.15, -0.1) is 0 Å². The van der Waals surface area contributed by atoms with Gasteiger partial charge in [0.1, 0.15) is 0 Å². The van der Waals surface area contributed by atoms with Crippen molar-refractivity contribution in [3.05, 3.63) is 34.9 Å². The highest BCUT2D eigenvalue weighted by Gasteiger charge is 2.53. The van der Waals surface area contributed by atoms with Crippen molar-refractivity contribution < 1.29 is 14.3 Å². The molecule has 0 spiro atoms. The topological polar surface area (TPSA) is 55.4 Å². The maximum atomic E-state index is 14.1. The summed E-state index contributed by atoms with van der Waals surface area (Å²) >= 11 is 0. The van der Waals surface area contributed by atoms with Crippen molar-refractivity contribution in [3.8, 4) is 0 Å². The van der Waals surface area contributed by atoms with Gasteiger partial charge in [0.2, 0.25) is 0 Å². The average molecular weight is 428 g/mol. The molecule has 0 bridgehead atoms. The summed E-state index contributed by atoms with van der Waals surface area (Å²) in [6, 6.07) is 0. The Morgan fingerprint density at radius 1 is 1.32 bits per heavy atom. The second-order valence-electron chi connectivity index (χ2n) is 11.0. The maximum absolute atomic E-state index is 14.1. The van der Waals surface area contributed by atoms with Gasteiger partial charge >= 0.3 is 0 Å². The minimum atomic E-state index is -0.884. The zero-order valence-corrected chi connectivity index (χ0v) is 20.7. The molecule has 2 aliphatic carbocycles. The molecule has 1 saturated carbocycles. The fraction of sp³-hybridized carbons (Fsp3) is 0.704. The number of rotatable bonds is 6. The predicted octanol–water partition coefficient (Wildman–Crippen LogP) is 5.60. The normalized spacial score (nSPS) is 38.5. The molecule has 172 valence electrons. The summed E-state index contributed by atoms with van der Waals surface area (Å²) in [5, 5.41) is 2.97. The van der Waals surface area contributed by atoms with Crippen molar-refractivity contribution in [2.24, 2.45) is 35.0 Å². The van der Waals surface area contributed by atoms with Crippen molar-refractivity contribution in [1.82, 2.24) is 5.32 Å². The molecule has 1 aliphatic heterocycles. The number of allylic oxidation sites excluding steroid dienone is 4. The summed E-state index contributed by atoms with van der Waals surface area (Å²) in [7, 11) is 1.60. The van der Waals surface area contributed by atoms with E-state index in [1.54, 1.807) is 13.2 Å². The van der Waals surface area contributed by atoms with Gasteiger partial charge in [-0.2, -0.15) is 0 Å². The van der Waals surface area contributed by atoms with E-state index in [-0.39, 0.29) is 40.4 Å². The Morgan fingerprint density at radius 3 is 2.58 bits per heavy atom. The monoisotopic (exact) mass is 427 g/mol. The van der Waals surface area contributed by atoms with Crippen LogP contribution in [-0.4, -0.2) is 24.5 Å². The van der Waals surface area contributed by atoms with Crippen LogP contribution in [0.15, 0.2) is 34.9 Å². The largest absolute Gasteiger partial charge is 0.355 e. The van der Waals surface area contributed by atoms with E-state index >= 15 is 0 Å². The average Bonchev–Trinajstić information content (AvgIpc) is 3.00. The van der Waals surface area contributed by atoms with Crippen LogP contribution in [0.4, 0.5) is 0 Å². The summed E-state index contributed by atoms with van der Waals surface area (Å²) in [6.45, 7) is 15.2. The molecule has 1 heterocycles. The third-order valence-electron chi connectivity index (χ3n) is 7.98. The van der Waals surface area contributed by atoms with Crippen LogP contribution in [0.3, 0.4) is 0 Å². The molecule has 1 amide bonds. The molecule has 3 aliphatic rings. The van der Waals surface area contributed by atoms with Crippen molar-refractivity contribution in [2.45, 2.75) is 79.9 Å². The van der Waals surface area contributed by atoms with Crippen LogP contribution in [0.1, 0.15) is 74.1 Å². The summed E-state index contributed by atoms with van der Waals surface area (Å²) in [5.41, 5.74) is 1.88. The molecular formula is C27H41NO3. The Balaban J connectivity index is 2.08. The highest BCUT2D eigenvalue weighted by Crippen LogP contribution is 2.56. The molecular weight excluding hydrogens is 386 g/mol. The van der Waals surface area contributed by atoms with Crippen LogP contribution in [0.2, 0.25) is 0 Å². The molecule has 1 N–H and O–H groups in total. The van der Waals surface area contributed by atoms with Crippen LogP contribution in [0.25, 0.3) is 0 Å². The van der Waals surface area contributed by atoms with Gasteiger partial charge in [0.05, 0.1) is 5.57 Å². The van der Waals surface area contributed by atoms with Gasteiger partial charge in [-0.3, -0.25) is 9.59 Å². The third-order valence-corrected chi connectivity index (χ3v) is 7.98. The number of hydrogen-bond acceptors (Lipinski definition) is 3. The predicted molar refractivity (Wildman–Crippen MR) is 125 cm³/mol. The van der Waals surface area contributed by atoms with E-state index in [0.717, 1.165) is 19.3 Å². The lowest BCUT2D eigenvalue weighted by atomic mass is 9.52. The van der Waals surface area contributed by atoms with Crippen molar-refractivity contribution in [3.63, 3.8) is 0 Å². The first-order chi connectivity index (χ1) is 14.5. The Hall–Kier alpha value is -1.68. The molecule has 0 aromatic rings. The number of methoxy groups -OCH3 is 1. The van der Waals surface area contributed by atoms with Crippen LogP contribution >= 0.6 is 0 Å². The van der Waals surface area contributed by atoms with E-state index in [1.165, 1.54) is 11.1 Å². The van der Waals surface area contributed by atoms with Gasteiger partial charge in [0.25, 0.3) is 5.91 Å². The molecule has 0 aromatic heterocycles. The number of hydrogen-bond donors (Lipinski definition) is 1. The molecule has 6 unspecified atom stereocenters. The molecule has 0 aromatic carbocycles. The molecule has 4 heteroatoms. The third kappa shape index (κ3) is 4.33. The van der Waals surface area contributed by atoms with Gasteiger partial charge in [0, 0.05) is 25.4 Å². The van der Waals surface area contributed by atoms with E-state index in [2.05, 4.69) is 59.0 Å². The van der Waals surface area contributed by atoms with E-state index in [4.69, 9.17) is 4.74 Å². The lowest BCUT2D eigenvalue weighted by molar-refractivity contribution is -0.129. The molecule has 0 radical (unpaired) electrons. The SMILES string of the molecule is C/C=C(\C)C1C(C)=CC2(C)CC(C)CCC2C1C(=O)C1=CC(CC(C)C)(OC)NC1=O. The standard InChI is InChI=1S/C27H41NO3/c1-9-18(5)22-19(6)14-26(7)13-17(4)10-11-21(26)23(22)24(29)20-15-27(31-8,12-16(2)3)28-25(20)30/h9,14-17,21-23H,10-13H2,1-8H3,(H,28,30)/b18-9+.